The van der Waals surface area contributed by atoms with Gasteiger partial charge in [0.2, 0.25) is 0 Å². The number of aromatic hydroxyl groups is 1. The number of aromatic carboxylic acids is 1. The van der Waals surface area contributed by atoms with Crippen LogP contribution in [0.25, 0.3) is 11.3 Å². The van der Waals surface area contributed by atoms with E-state index >= 15 is 0 Å². The fourth-order valence-electron chi connectivity index (χ4n) is 2.14. The van der Waals surface area contributed by atoms with Crippen molar-refractivity contribution in [1.29, 1.82) is 0 Å². The molecule has 0 aliphatic carbocycles. The first kappa shape index (κ1) is 24.2. The number of nitrogens with zero attached hydrogens (tertiary/aromatic N) is 1. The first-order valence-corrected chi connectivity index (χ1v) is 7.51. The monoisotopic (exact) mass is 591 g/mol. The maximum absolute atomic E-state index is 12.8. The molecule has 4 nitrogen and oxygen atoms in total. The second-order valence-electron chi connectivity index (χ2n) is 5.28. The van der Waals surface area contributed by atoms with Gasteiger partial charge < -0.3 is 15.2 Å². The minimum Gasteiger partial charge on any atom is -0.507 e. The molecule has 0 saturated heterocycles. The van der Waals surface area contributed by atoms with Gasteiger partial charge in [-0.15, -0.1) is 29.8 Å². The number of carbonyl (C=O) groups is 1. The summed E-state index contributed by atoms with van der Waals surface area (Å²) in [6.45, 7) is 0. The van der Waals surface area contributed by atoms with E-state index in [0.29, 0.717) is 17.3 Å². The Bertz CT molecular complexity index is 952. The summed E-state index contributed by atoms with van der Waals surface area (Å²) >= 11 is 0. The third kappa shape index (κ3) is 6.64. The number of carboxylic acid groups (broad SMARTS) is 1. The normalized spacial score (nSPS) is 10.4. The fourth-order valence-corrected chi connectivity index (χ4v) is 2.14. The molecule has 0 spiro atoms. The number of carboxylic acids is 1. The Kier molecular flexibility index (Phi) is 8.45. The van der Waals surface area contributed by atoms with Crippen LogP contribution < -0.4 is 0 Å². The minimum atomic E-state index is -4.79. The summed E-state index contributed by atoms with van der Waals surface area (Å²) in [5.74, 6) is -3.49. The van der Waals surface area contributed by atoms with Crippen LogP contribution in [0.5, 0.6) is 5.75 Å². The van der Waals surface area contributed by atoms with Crippen LogP contribution in [0.3, 0.4) is 0 Å². The third-order valence-electron chi connectivity index (χ3n) is 3.32. The number of halogens is 5. The summed E-state index contributed by atoms with van der Waals surface area (Å²) in [4.78, 5) is 14.3. The molecular formula is C19H11F5NO3Pt-. The molecule has 2 aromatic carbocycles. The van der Waals surface area contributed by atoms with Gasteiger partial charge in [0.05, 0.1) is 5.56 Å². The van der Waals surface area contributed by atoms with Crippen molar-refractivity contribution in [3.63, 3.8) is 0 Å². The Morgan fingerprint density at radius 2 is 1.69 bits per heavy atom. The predicted octanol–water partition coefficient (Wildman–Crippen LogP) is 4.93. The molecule has 1 aromatic heterocycles. The molecule has 10 heteroatoms. The van der Waals surface area contributed by atoms with Crippen LogP contribution in [0.15, 0.2) is 54.7 Å². The molecule has 1 heterocycles. The molecule has 2 N–H and O–H groups in total. The van der Waals surface area contributed by atoms with E-state index < -0.39 is 34.8 Å². The number of aromatic nitrogens is 1. The zero-order chi connectivity index (χ0) is 20.9. The van der Waals surface area contributed by atoms with E-state index in [1.807, 2.05) is 0 Å². The van der Waals surface area contributed by atoms with Crippen molar-refractivity contribution in [2.75, 3.05) is 0 Å². The minimum absolute atomic E-state index is 0. The van der Waals surface area contributed by atoms with Crippen molar-refractivity contribution in [2.24, 2.45) is 0 Å². The molecule has 0 unspecified atom stereocenters. The van der Waals surface area contributed by atoms with Gasteiger partial charge in [-0.25, -0.2) is 13.6 Å². The van der Waals surface area contributed by atoms with Crippen molar-refractivity contribution in [3.05, 3.63) is 83.6 Å². The number of rotatable bonds is 2. The molecule has 0 aliphatic heterocycles. The Hall–Kier alpha value is -2.80. The maximum Gasteiger partial charge on any atom is 0.417 e. The smallest absolute Gasteiger partial charge is 0.417 e. The van der Waals surface area contributed by atoms with E-state index in [0.717, 1.165) is 12.1 Å². The molecule has 0 saturated carbocycles. The molecule has 29 heavy (non-hydrogen) atoms. The van der Waals surface area contributed by atoms with Gasteiger partial charge in [0, 0.05) is 33.1 Å². The molecule has 0 bridgehead atoms. The van der Waals surface area contributed by atoms with Gasteiger partial charge in [-0.1, -0.05) is 6.07 Å². The molecule has 156 valence electrons. The summed E-state index contributed by atoms with van der Waals surface area (Å²) in [7, 11) is 0. The van der Waals surface area contributed by atoms with Crippen molar-refractivity contribution in [2.45, 2.75) is 6.18 Å². The number of benzene rings is 2. The number of phenols is 1. The first-order chi connectivity index (χ1) is 13.1. The molecule has 0 aliphatic rings. The van der Waals surface area contributed by atoms with Gasteiger partial charge in [-0.2, -0.15) is 13.2 Å². The van der Waals surface area contributed by atoms with Crippen LogP contribution >= 0.6 is 0 Å². The largest absolute Gasteiger partial charge is 0.507 e. The van der Waals surface area contributed by atoms with Gasteiger partial charge in [-0.05, 0) is 30.0 Å². The molecule has 0 radical (unpaired) electrons. The van der Waals surface area contributed by atoms with E-state index in [-0.39, 0.29) is 26.9 Å². The van der Waals surface area contributed by atoms with Crippen molar-refractivity contribution in [1.82, 2.24) is 4.98 Å². The van der Waals surface area contributed by atoms with E-state index in [9.17, 15) is 26.7 Å². The molecule has 0 fully saturated rings. The quantitative estimate of drug-likeness (QED) is 0.328. The van der Waals surface area contributed by atoms with E-state index in [1.165, 1.54) is 36.5 Å². The van der Waals surface area contributed by atoms with Gasteiger partial charge in [0.15, 0.2) is 0 Å². The molecule has 0 atom stereocenters. The average Bonchev–Trinajstić information content (AvgIpc) is 2.61. The Labute approximate surface area is 175 Å². The van der Waals surface area contributed by atoms with Crippen molar-refractivity contribution >= 4 is 5.97 Å². The number of alkyl halides is 3. The van der Waals surface area contributed by atoms with Crippen LogP contribution in [0.4, 0.5) is 22.0 Å². The van der Waals surface area contributed by atoms with Crippen LogP contribution in [-0.2, 0) is 27.2 Å². The standard InChI is InChI=1S/C11H6F2N.C8H5F3O3.Pt/c12-9-3-1-2-8(6-9)11-7-10(13)4-5-14-11;9-8(10,11)4-2-1-3-5(12)6(4)7(13)14;/h1,3-7H;1-3,12H,(H,13,14);/q-1;;. The number of hydrogen-bond acceptors (Lipinski definition) is 3. The van der Waals surface area contributed by atoms with Gasteiger partial charge in [0.25, 0.3) is 0 Å². The van der Waals surface area contributed by atoms with Gasteiger partial charge in [0.1, 0.15) is 17.1 Å². The van der Waals surface area contributed by atoms with Crippen LogP contribution in [-0.4, -0.2) is 21.2 Å². The predicted molar refractivity (Wildman–Crippen MR) is 88.5 cm³/mol. The van der Waals surface area contributed by atoms with E-state index in [1.54, 1.807) is 0 Å². The summed E-state index contributed by atoms with van der Waals surface area (Å²) in [6, 6.07) is 11.7. The third-order valence-corrected chi connectivity index (χ3v) is 3.32. The van der Waals surface area contributed by atoms with Gasteiger partial charge >= 0.3 is 12.1 Å². The molecule has 0 amide bonds. The van der Waals surface area contributed by atoms with E-state index in [2.05, 4.69) is 11.1 Å². The van der Waals surface area contributed by atoms with Crippen molar-refractivity contribution in [3.8, 4) is 17.0 Å². The number of hydrogen-bond donors (Lipinski definition) is 2. The Morgan fingerprint density at radius 1 is 1.03 bits per heavy atom. The zero-order valence-electron chi connectivity index (χ0n) is 14.2. The van der Waals surface area contributed by atoms with E-state index in [4.69, 9.17) is 10.2 Å². The summed E-state index contributed by atoms with van der Waals surface area (Å²) in [6.07, 6.45) is -3.45. The molecular weight excluding hydrogens is 580 g/mol. The zero-order valence-corrected chi connectivity index (χ0v) is 16.4. The van der Waals surface area contributed by atoms with Crippen LogP contribution in [0.1, 0.15) is 15.9 Å². The summed E-state index contributed by atoms with van der Waals surface area (Å²) in [5.41, 5.74) is -1.65. The Balaban J connectivity index is 0.000000280. The fraction of sp³-hybridized carbons (Fsp3) is 0.0526. The summed E-state index contributed by atoms with van der Waals surface area (Å²) in [5, 5.41) is 17.4. The van der Waals surface area contributed by atoms with Gasteiger partial charge in [-0.3, -0.25) is 0 Å². The SMILES string of the molecule is Fc1cc[c-]c(-c2cc(F)ccn2)c1.O=C(O)c1c(O)cccc1C(F)(F)F.[Pt]. The average molecular weight is 591 g/mol. The van der Waals surface area contributed by atoms with Crippen LogP contribution in [0.2, 0.25) is 0 Å². The summed E-state index contributed by atoms with van der Waals surface area (Å²) < 4.78 is 62.3. The second kappa shape index (κ2) is 10.1. The first-order valence-electron chi connectivity index (χ1n) is 7.51. The maximum atomic E-state index is 12.8. The number of pyridine rings is 1. The second-order valence-corrected chi connectivity index (χ2v) is 5.28. The topological polar surface area (TPSA) is 70.4 Å². The Morgan fingerprint density at radius 3 is 2.21 bits per heavy atom. The molecule has 3 aromatic rings. The van der Waals surface area contributed by atoms with Crippen molar-refractivity contribution < 1.29 is 58.0 Å². The molecule has 3 rings (SSSR count). The van der Waals surface area contributed by atoms with Crippen LogP contribution in [0, 0.1) is 17.7 Å².